The average molecular weight is 372 g/mol. The summed E-state index contributed by atoms with van der Waals surface area (Å²) in [7, 11) is 0. The maximum atomic E-state index is 12.4. The Morgan fingerprint density at radius 1 is 1.07 bits per heavy atom. The van der Waals surface area contributed by atoms with Crippen molar-refractivity contribution in [2.24, 2.45) is 0 Å². The van der Waals surface area contributed by atoms with Gasteiger partial charge in [0, 0.05) is 36.3 Å². The van der Waals surface area contributed by atoms with Gasteiger partial charge in [0.1, 0.15) is 11.9 Å². The molecule has 0 aromatic carbocycles. The van der Waals surface area contributed by atoms with Gasteiger partial charge >= 0.3 is 0 Å². The van der Waals surface area contributed by atoms with Crippen molar-refractivity contribution in [3.8, 4) is 17.3 Å². The molecule has 1 fully saturated rings. The summed E-state index contributed by atoms with van der Waals surface area (Å²) < 4.78 is 1.61. The van der Waals surface area contributed by atoms with Gasteiger partial charge in [0.2, 0.25) is 0 Å². The highest BCUT2D eigenvalue weighted by Crippen LogP contribution is 2.29. The molecule has 4 rings (SSSR count). The Hall–Kier alpha value is -3.53. The Balaban J connectivity index is 1.47. The topological polar surface area (TPSA) is 96.5 Å². The van der Waals surface area contributed by atoms with Crippen molar-refractivity contribution in [2.75, 3.05) is 5.32 Å². The van der Waals surface area contributed by atoms with Crippen LogP contribution in [0.4, 0.5) is 5.82 Å². The third kappa shape index (κ3) is 3.76. The zero-order chi connectivity index (χ0) is 19.3. The summed E-state index contributed by atoms with van der Waals surface area (Å²) in [6, 6.07) is 13.1. The molecule has 0 atom stereocenters. The molecule has 0 spiro atoms. The second kappa shape index (κ2) is 8.01. The van der Waals surface area contributed by atoms with Crippen molar-refractivity contribution in [2.45, 2.75) is 37.8 Å². The molecule has 140 valence electrons. The maximum Gasteiger partial charge on any atom is 0.267 e. The van der Waals surface area contributed by atoms with Crippen LogP contribution in [0.2, 0.25) is 0 Å². The molecule has 7 nitrogen and oxygen atoms in total. The number of hydrogen-bond donors (Lipinski definition) is 1. The van der Waals surface area contributed by atoms with E-state index in [0.29, 0.717) is 11.4 Å². The number of pyridine rings is 2. The molecule has 1 saturated carbocycles. The number of rotatable bonds is 4. The first-order valence-corrected chi connectivity index (χ1v) is 9.36. The Morgan fingerprint density at radius 3 is 2.64 bits per heavy atom. The van der Waals surface area contributed by atoms with Crippen LogP contribution in [0.3, 0.4) is 0 Å². The lowest BCUT2D eigenvalue weighted by molar-refractivity contribution is 0.304. The van der Waals surface area contributed by atoms with Gasteiger partial charge < -0.3 is 5.32 Å². The molecule has 7 heteroatoms. The van der Waals surface area contributed by atoms with E-state index in [1.54, 1.807) is 47.5 Å². The SMILES string of the molecule is N#Cc1cccnc1NC1CCC(n2nc(-c3cccnc3)ccc2=O)CC1. The second-order valence-electron chi connectivity index (χ2n) is 6.90. The van der Waals surface area contributed by atoms with Crippen LogP contribution in [0.25, 0.3) is 11.3 Å². The van der Waals surface area contributed by atoms with Crippen molar-refractivity contribution in [1.29, 1.82) is 5.26 Å². The summed E-state index contributed by atoms with van der Waals surface area (Å²) in [6.07, 6.45) is 8.60. The van der Waals surface area contributed by atoms with Crippen molar-refractivity contribution < 1.29 is 0 Å². The van der Waals surface area contributed by atoms with Crippen molar-refractivity contribution in [3.63, 3.8) is 0 Å². The summed E-state index contributed by atoms with van der Waals surface area (Å²) in [5, 5.41) is 17.2. The first-order valence-electron chi connectivity index (χ1n) is 9.36. The number of nitrogens with zero attached hydrogens (tertiary/aromatic N) is 5. The minimum Gasteiger partial charge on any atom is -0.366 e. The molecule has 1 N–H and O–H groups in total. The van der Waals surface area contributed by atoms with Gasteiger partial charge in [-0.15, -0.1) is 0 Å². The van der Waals surface area contributed by atoms with E-state index in [4.69, 9.17) is 0 Å². The lowest BCUT2D eigenvalue weighted by Crippen LogP contribution is -2.33. The number of nitrogens with one attached hydrogen (secondary N) is 1. The third-order valence-electron chi connectivity index (χ3n) is 5.09. The van der Waals surface area contributed by atoms with E-state index in [9.17, 15) is 10.1 Å². The standard InChI is InChI=1S/C21H20N6O/c22-13-15-3-2-12-24-21(15)25-17-5-7-18(8-6-17)27-20(28)10-9-19(26-27)16-4-1-11-23-14-16/h1-4,9-12,14,17-18H,5-8H2,(H,24,25). The van der Waals surface area contributed by atoms with Gasteiger partial charge in [-0.1, -0.05) is 0 Å². The normalized spacial score (nSPS) is 19.0. The Morgan fingerprint density at radius 2 is 1.89 bits per heavy atom. The molecule has 1 aliphatic carbocycles. The van der Waals surface area contributed by atoms with Crippen LogP contribution >= 0.6 is 0 Å². The van der Waals surface area contributed by atoms with Crippen LogP contribution in [0.15, 0.2) is 59.8 Å². The summed E-state index contributed by atoms with van der Waals surface area (Å²) in [5.41, 5.74) is 2.11. The quantitative estimate of drug-likeness (QED) is 0.756. The summed E-state index contributed by atoms with van der Waals surface area (Å²) in [4.78, 5) is 20.8. The predicted octanol–water partition coefficient (Wildman–Crippen LogP) is 3.17. The molecule has 0 unspecified atom stereocenters. The van der Waals surface area contributed by atoms with Gasteiger partial charge in [0.25, 0.3) is 5.56 Å². The summed E-state index contributed by atoms with van der Waals surface area (Å²) >= 11 is 0. The molecule has 0 amide bonds. The predicted molar refractivity (Wildman–Crippen MR) is 106 cm³/mol. The molecule has 0 bridgehead atoms. The lowest BCUT2D eigenvalue weighted by Gasteiger charge is -2.30. The lowest BCUT2D eigenvalue weighted by atomic mass is 9.91. The van der Waals surface area contributed by atoms with Gasteiger partial charge in [0.05, 0.1) is 17.3 Å². The molecular formula is C21H20N6O. The highest BCUT2D eigenvalue weighted by Gasteiger charge is 2.24. The van der Waals surface area contributed by atoms with E-state index in [1.807, 2.05) is 12.1 Å². The van der Waals surface area contributed by atoms with E-state index in [1.165, 1.54) is 0 Å². The van der Waals surface area contributed by atoms with E-state index >= 15 is 0 Å². The van der Waals surface area contributed by atoms with Crippen LogP contribution in [0.1, 0.15) is 37.3 Å². The van der Waals surface area contributed by atoms with Crippen molar-refractivity contribution in [1.82, 2.24) is 19.7 Å². The monoisotopic (exact) mass is 372 g/mol. The van der Waals surface area contributed by atoms with Crippen molar-refractivity contribution in [3.05, 3.63) is 70.9 Å². The molecule has 0 aliphatic heterocycles. The van der Waals surface area contributed by atoms with Gasteiger partial charge in [-0.2, -0.15) is 10.4 Å². The van der Waals surface area contributed by atoms with E-state index in [2.05, 4.69) is 26.5 Å². The number of nitriles is 1. The van der Waals surface area contributed by atoms with E-state index in [0.717, 1.165) is 36.9 Å². The Kier molecular flexibility index (Phi) is 5.11. The maximum absolute atomic E-state index is 12.4. The first-order chi connectivity index (χ1) is 13.7. The molecular weight excluding hydrogens is 352 g/mol. The fourth-order valence-corrected chi connectivity index (χ4v) is 3.62. The molecule has 3 heterocycles. The molecule has 0 saturated heterocycles. The van der Waals surface area contributed by atoms with Crippen LogP contribution in [-0.2, 0) is 0 Å². The van der Waals surface area contributed by atoms with E-state index < -0.39 is 0 Å². The molecule has 28 heavy (non-hydrogen) atoms. The van der Waals surface area contributed by atoms with Crippen LogP contribution in [0.5, 0.6) is 0 Å². The molecule has 0 radical (unpaired) electrons. The minimum atomic E-state index is -0.0828. The van der Waals surface area contributed by atoms with Gasteiger partial charge in [0.15, 0.2) is 0 Å². The highest BCUT2D eigenvalue weighted by molar-refractivity contribution is 5.56. The van der Waals surface area contributed by atoms with Crippen LogP contribution < -0.4 is 10.9 Å². The minimum absolute atomic E-state index is 0.0707. The fraction of sp³-hybridized carbons (Fsp3) is 0.286. The highest BCUT2D eigenvalue weighted by atomic mass is 16.1. The van der Waals surface area contributed by atoms with Crippen molar-refractivity contribution >= 4 is 5.82 Å². The Labute approximate surface area is 162 Å². The second-order valence-corrected chi connectivity index (χ2v) is 6.90. The van der Waals surface area contributed by atoms with Gasteiger partial charge in [-0.3, -0.25) is 9.78 Å². The average Bonchev–Trinajstić information content (AvgIpc) is 2.76. The summed E-state index contributed by atoms with van der Waals surface area (Å²) in [5.74, 6) is 0.627. The largest absolute Gasteiger partial charge is 0.366 e. The third-order valence-corrected chi connectivity index (χ3v) is 5.09. The first kappa shape index (κ1) is 17.9. The summed E-state index contributed by atoms with van der Waals surface area (Å²) in [6.45, 7) is 0. The van der Waals surface area contributed by atoms with Gasteiger partial charge in [-0.05, 0) is 56.0 Å². The van der Waals surface area contributed by atoms with E-state index in [-0.39, 0.29) is 17.6 Å². The number of anilines is 1. The molecule has 1 aliphatic rings. The van der Waals surface area contributed by atoms with Crippen LogP contribution in [-0.4, -0.2) is 25.8 Å². The zero-order valence-corrected chi connectivity index (χ0v) is 15.3. The fourth-order valence-electron chi connectivity index (χ4n) is 3.62. The smallest absolute Gasteiger partial charge is 0.267 e. The Bertz CT molecular complexity index is 1050. The molecule has 3 aromatic rings. The zero-order valence-electron chi connectivity index (χ0n) is 15.3. The molecule has 3 aromatic heterocycles. The van der Waals surface area contributed by atoms with Gasteiger partial charge in [-0.25, -0.2) is 9.67 Å². The number of hydrogen-bond acceptors (Lipinski definition) is 6. The number of aromatic nitrogens is 4. The van der Waals surface area contributed by atoms with Crippen LogP contribution in [0, 0.1) is 11.3 Å².